The standard InChI is InChI=1S/C12H12N4O2/c1-16-10-3-2-7(4-8(10)5-11(16)17)9-6-13-12(18)15-14-9/h2-4H,5-6H2,1H3,(H2,13,15,18). The molecular weight excluding hydrogens is 232 g/mol. The number of likely N-dealkylation sites (N-methyl/N-ethyl adjacent to an activating group) is 1. The monoisotopic (exact) mass is 244 g/mol. The van der Waals surface area contributed by atoms with Gasteiger partial charge in [0.15, 0.2) is 0 Å². The van der Waals surface area contributed by atoms with Gasteiger partial charge in [0, 0.05) is 18.3 Å². The number of fused-ring (bicyclic) bond motifs is 1. The van der Waals surface area contributed by atoms with Gasteiger partial charge in [0.25, 0.3) is 0 Å². The second kappa shape index (κ2) is 3.83. The molecule has 1 aromatic rings. The molecule has 6 nitrogen and oxygen atoms in total. The van der Waals surface area contributed by atoms with Gasteiger partial charge in [-0.1, -0.05) is 6.07 Å². The lowest BCUT2D eigenvalue weighted by Crippen LogP contribution is -2.42. The SMILES string of the molecule is CN1C(=O)Cc2cc(C3=NNC(=O)NC3)ccc21. The number of anilines is 1. The molecule has 2 aliphatic rings. The maximum Gasteiger partial charge on any atom is 0.335 e. The molecule has 2 aliphatic heterocycles. The van der Waals surface area contributed by atoms with E-state index in [9.17, 15) is 9.59 Å². The molecule has 0 aromatic heterocycles. The summed E-state index contributed by atoms with van der Waals surface area (Å²) < 4.78 is 0. The zero-order chi connectivity index (χ0) is 12.7. The zero-order valence-corrected chi connectivity index (χ0v) is 9.86. The van der Waals surface area contributed by atoms with Crippen molar-refractivity contribution < 1.29 is 9.59 Å². The predicted molar refractivity (Wildman–Crippen MR) is 66.6 cm³/mol. The van der Waals surface area contributed by atoms with Crippen molar-refractivity contribution in [2.45, 2.75) is 6.42 Å². The van der Waals surface area contributed by atoms with Gasteiger partial charge < -0.3 is 10.2 Å². The van der Waals surface area contributed by atoms with Gasteiger partial charge in [-0.3, -0.25) is 4.79 Å². The van der Waals surface area contributed by atoms with Crippen molar-refractivity contribution in [1.29, 1.82) is 0 Å². The molecule has 2 heterocycles. The van der Waals surface area contributed by atoms with Crippen LogP contribution in [0.2, 0.25) is 0 Å². The fraction of sp³-hybridized carbons (Fsp3) is 0.250. The molecule has 0 saturated carbocycles. The van der Waals surface area contributed by atoms with Crippen molar-refractivity contribution in [1.82, 2.24) is 10.7 Å². The number of carbonyl (C=O) groups excluding carboxylic acids is 2. The molecule has 3 rings (SSSR count). The highest BCUT2D eigenvalue weighted by atomic mass is 16.2. The van der Waals surface area contributed by atoms with Crippen LogP contribution in [-0.2, 0) is 11.2 Å². The van der Waals surface area contributed by atoms with Gasteiger partial charge in [-0.05, 0) is 17.7 Å². The fourth-order valence-electron chi connectivity index (χ4n) is 2.18. The van der Waals surface area contributed by atoms with E-state index in [1.807, 2.05) is 18.2 Å². The van der Waals surface area contributed by atoms with Gasteiger partial charge in [-0.2, -0.15) is 5.10 Å². The molecule has 18 heavy (non-hydrogen) atoms. The van der Waals surface area contributed by atoms with Crippen LogP contribution in [-0.4, -0.2) is 31.2 Å². The van der Waals surface area contributed by atoms with Crippen molar-refractivity contribution >= 4 is 23.3 Å². The molecule has 0 unspecified atom stereocenters. The van der Waals surface area contributed by atoms with E-state index < -0.39 is 0 Å². The van der Waals surface area contributed by atoms with Crippen LogP contribution in [0.3, 0.4) is 0 Å². The summed E-state index contributed by atoms with van der Waals surface area (Å²) in [5, 5.41) is 6.66. The van der Waals surface area contributed by atoms with Crippen molar-refractivity contribution in [3.63, 3.8) is 0 Å². The van der Waals surface area contributed by atoms with Crippen molar-refractivity contribution in [3.05, 3.63) is 29.3 Å². The first-order valence-electron chi connectivity index (χ1n) is 5.65. The number of nitrogens with zero attached hydrogens (tertiary/aromatic N) is 2. The summed E-state index contributed by atoms with van der Waals surface area (Å²) >= 11 is 0. The van der Waals surface area contributed by atoms with E-state index in [1.165, 1.54) is 0 Å². The van der Waals surface area contributed by atoms with Crippen LogP contribution in [0.4, 0.5) is 10.5 Å². The first-order chi connectivity index (χ1) is 8.65. The molecule has 0 atom stereocenters. The smallest absolute Gasteiger partial charge is 0.331 e. The van der Waals surface area contributed by atoms with Crippen LogP contribution in [0, 0.1) is 0 Å². The molecule has 0 bridgehead atoms. The minimum absolute atomic E-state index is 0.0964. The van der Waals surface area contributed by atoms with Gasteiger partial charge in [0.1, 0.15) is 0 Å². The van der Waals surface area contributed by atoms with E-state index in [1.54, 1.807) is 11.9 Å². The number of carbonyl (C=O) groups is 2. The third kappa shape index (κ3) is 1.62. The third-order valence-corrected chi connectivity index (χ3v) is 3.20. The summed E-state index contributed by atoms with van der Waals surface area (Å²) in [6.45, 7) is 0.397. The Kier molecular flexibility index (Phi) is 2.29. The first kappa shape index (κ1) is 10.8. The van der Waals surface area contributed by atoms with E-state index in [2.05, 4.69) is 15.8 Å². The minimum atomic E-state index is -0.296. The Balaban J connectivity index is 1.95. The third-order valence-electron chi connectivity index (χ3n) is 3.20. The summed E-state index contributed by atoms with van der Waals surface area (Å²) in [5.74, 6) is 0.0964. The summed E-state index contributed by atoms with van der Waals surface area (Å²) in [6.07, 6.45) is 0.423. The number of amides is 3. The van der Waals surface area contributed by atoms with Gasteiger partial charge >= 0.3 is 6.03 Å². The van der Waals surface area contributed by atoms with Crippen LogP contribution in [0.5, 0.6) is 0 Å². The molecule has 0 spiro atoms. The summed E-state index contributed by atoms with van der Waals surface area (Å²) in [4.78, 5) is 24.2. The molecule has 0 fully saturated rings. The van der Waals surface area contributed by atoms with Gasteiger partial charge in [0.2, 0.25) is 5.91 Å². The van der Waals surface area contributed by atoms with Crippen molar-refractivity contribution in [2.75, 3.05) is 18.5 Å². The highest BCUT2D eigenvalue weighted by molar-refractivity contribution is 6.07. The predicted octanol–water partition coefficient (Wildman–Crippen LogP) is 0.222. The van der Waals surface area contributed by atoms with Gasteiger partial charge in [-0.25, -0.2) is 10.2 Å². The second-order valence-electron chi connectivity index (χ2n) is 4.33. The molecule has 3 amide bonds. The van der Waals surface area contributed by atoms with Crippen LogP contribution >= 0.6 is 0 Å². The van der Waals surface area contributed by atoms with E-state index in [-0.39, 0.29) is 11.9 Å². The molecule has 6 heteroatoms. The summed E-state index contributed by atoms with van der Waals surface area (Å²) in [7, 11) is 1.77. The maximum absolute atomic E-state index is 11.6. The lowest BCUT2D eigenvalue weighted by molar-refractivity contribution is -0.117. The topological polar surface area (TPSA) is 73.8 Å². The van der Waals surface area contributed by atoms with Crippen molar-refractivity contribution in [3.8, 4) is 0 Å². The van der Waals surface area contributed by atoms with E-state index in [4.69, 9.17) is 0 Å². The number of benzene rings is 1. The number of nitrogens with one attached hydrogen (secondary N) is 2. The largest absolute Gasteiger partial charge is 0.335 e. The lowest BCUT2D eigenvalue weighted by Gasteiger charge is -2.15. The Morgan fingerprint density at radius 2 is 2.17 bits per heavy atom. The van der Waals surface area contributed by atoms with Crippen LogP contribution < -0.4 is 15.6 Å². The fourth-order valence-corrected chi connectivity index (χ4v) is 2.18. The van der Waals surface area contributed by atoms with E-state index >= 15 is 0 Å². The highest BCUT2D eigenvalue weighted by Gasteiger charge is 2.24. The molecular formula is C12H12N4O2. The number of hydrogen-bond donors (Lipinski definition) is 2. The first-order valence-corrected chi connectivity index (χ1v) is 5.65. The molecule has 0 aliphatic carbocycles. The molecule has 0 radical (unpaired) electrons. The van der Waals surface area contributed by atoms with Crippen LogP contribution in [0.25, 0.3) is 0 Å². The normalized spacial score (nSPS) is 18.1. The highest BCUT2D eigenvalue weighted by Crippen LogP contribution is 2.28. The number of rotatable bonds is 1. The number of hydrazone groups is 1. The Bertz CT molecular complexity index is 579. The average molecular weight is 244 g/mol. The van der Waals surface area contributed by atoms with E-state index in [0.29, 0.717) is 13.0 Å². The zero-order valence-electron chi connectivity index (χ0n) is 9.86. The summed E-state index contributed by atoms with van der Waals surface area (Å²) in [5.41, 5.74) is 6.00. The Hall–Kier alpha value is -2.37. The van der Waals surface area contributed by atoms with E-state index in [0.717, 1.165) is 22.5 Å². The van der Waals surface area contributed by atoms with Gasteiger partial charge in [0.05, 0.1) is 18.7 Å². The van der Waals surface area contributed by atoms with Crippen LogP contribution in [0.15, 0.2) is 23.3 Å². The molecule has 92 valence electrons. The van der Waals surface area contributed by atoms with Gasteiger partial charge in [-0.15, -0.1) is 0 Å². The van der Waals surface area contributed by atoms with Crippen LogP contribution in [0.1, 0.15) is 11.1 Å². The summed E-state index contributed by atoms with van der Waals surface area (Å²) in [6, 6.07) is 5.48. The van der Waals surface area contributed by atoms with Crippen molar-refractivity contribution in [2.24, 2.45) is 5.10 Å². The molecule has 2 N–H and O–H groups in total. The second-order valence-corrected chi connectivity index (χ2v) is 4.33. The average Bonchev–Trinajstić information content (AvgIpc) is 2.65. The minimum Gasteiger partial charge on any atom is -0.331 e. The lowest BCUT2D eigenvalue weighted by atomic mass is 10.0. The number of hydrogen-bond acceptors (Lipinski definition) is 3. The Morgan fingerprint density at radius 3 is 2.89 bits per heavy atom. The molecule has 1 aromatic carbocycles. The molecule has 0 saturated heterocycles. The maximum atomic E-state index is 11.6. The Labute approximate surface area is 104 Å². The number of urea groups is 1. The quantitative estimate of drug-likeness (QED) is 0.741. The Morgan fingerprint density at radius 1 is 1.33 bits per heavy atom.